The molecule has 1 radical (unpaired) electrons. The maximum Gasteiger partial charge on any atom is 0.274 e. The number of methoxy groups -OCH3 is 2. The van der Waals surface area contributed by atoms with Gasteiger partial charge in [0.2, 0.25) is 5.13 Å². The highest BCUT2D eigenvalue weighted by Gasteiger charge is 2.26. The number of nitrogens with one attached hydrogen (secondary N) is 1. The molecule has 2 aromatic heterocycles. The minimum absolute atomic E-state index is 0.197. The van der Waals surface area contributed by atoms with Crippen LogP contribution in [0, 0.1) is 13.0 Å². The van der Waals surface area contributed by atoms with Crippen molar-refractivity contribution in [3.8, 4) is 22.9 Å². The predicted molar refractivity (Wildman–Crippen MR) is 131 cm³/mol. The van der Waals surface area contributed by atoms with E-state index < -0.39 is 0 Å². The topological polar surface area (TPSA) is 87.5 Å². The summed E-state index contributed by atoms with van der Waals surface area (Å²) in [7, 11) is 3.18. The van der Waals surface area contributed by atoms with Gasteiger partial charge in [-0.3, -0.25) is 10.1 Å². The summed E-state index contributed by atoms with van der Waals surface area (Å²) in [4.78, 5) is 17.9. The monoisotopic (exact) mass is 477 g/mol. The number of benzene rings is 2. The minimum Gasteiger partial charge on any atom is -0.496 e. The van der Waals surface area contributed by atoms with E-state index in [0.29, 0.717) is 40.3 Å². The van der Waals surface area contributed by atoms with Crippen LogP contribution in [0.25, 0.3) is 22.3 Å². The molecule has 1 saturated heterocycles. The van der Waals surface area contributed by atoms with Crippen molar-refractivity contribution in [2.75, 3.05) is 26.1 Å². The van der Waals surface area contributed by atoms with Crippen LogP contribution in [0.15, 0.2) is 36.4 Å². The molecule has 4 aromatic rings. The SMILES string of the molecule is COc1cc(C)cc(OC)c1-c1nsc(NC(=O)c2[c]c3ccccc3n2C2CCCCO2)n1. The third-order valence-electron chi connectivity index (χ3n) is 5.84. The summed E-state index contributed by atoms with van der Waals surface area (Å²) in [6.07, 6.45) is 2.73. The normalized spacial score (nSPS) is 15.9. The molecular weight excluding hydrogens is 452 g/mol. The summed E-state index contributed by atoms with van der Waals surface area (Å²) < 4.78 is 23.5. The van der Waals surface area contributed by atoms with Crippen LogP contribution in [-0.4, -0.2) is 40.7 Å². The van der Waals surface area contributed by atoms with Gasteiger partial charge in [0.05, 0.1) is 19.7 Å². The third-order valence-corrected chi connectivity index (χ3v) is 6.47. The quantitative estimate of drug-likeness (QED) is 0.409. The second-order valence-corrected chi connectivity index (χ2v) is 8.86. The molecule has 3 heterocycles. The van der Waals surface area contributed by atoms with Crippen molar-refractivity contribution in [1.29, 1.82) is 0 Å². The molecule has 1 amide bonds. The number of rotatable bonds is 6. The van der Waals surface area contributed by atoms with E-state index in [-0.39, 0.29) is 12.1 Å². The van der Waals surface area contributed by atoms with Gasteiger partial charge in [-0.05, 0) is 49.9 Å². The smallest absolute Gasteiger partial charge is 0.274 e. The molecule has 1 aliphatic heterocycles. The van der Waals surface area contributed by atoms with E-state index in [1.165, 1.54) is 0 Å². The van der Waals surface area contributed by atoms with Gasteiger partial charge in [-0.25, -0.2) is 0 Å². The zero-order valence-electron chi connectivity index (χ0n) is 19.3. The van der Waals surface area contributed by atoms with Crippen LogP contribution in [0.5, 0.6) is 11.5 Å². The van der Waals surface area contributed by atoms with E-state index >= 15 is 0 Å². The van der Waals surface area contributed by atoms with E-state index in [4.69, 9.17) is 14.2 Å². The predicted octanol–water partition coefficient (Wildman–Crippen LogP) is 5.24. The molecule has 1 N–H and O–H groups in total. The van der Waals surface area contributed by atoms with Crippen LogP contribution in [0.4, 0.5) is 5.13 Å². The fraction of sp³-hybridized carbons (Fsp3) is 0.320. The van der Waals surface area contributed by atoms with Crippen molar-refractivity contribution in [3.63, 3.8) is 0 Å². The molecular formula is C25H25N4O4S. The number of hydrogen-bond acceptors (Lipinski definition) is 7. The Morgan fingerprint density at radius 3 is 2.68 bits per heavy atom. The van der Waals surface area contributed by atoms with Gasteiger partial charge in [0, 0.05) is 29.6 Å². The molecule has 175 valence electrons. The lowest BCUT2D eigenvalue weighted by molar-refractivity contribution is -0.0301. The lowest BCUT2D eigenvalue weighted by Crippen LogP contribution is -2.24. The van der Waals surface area contributed by atoms with Crippen LogP contribution in [0.2, 0.25) is 0 Å². The maximum atomic E-state index is 13.4. The molecule has 0 aliphatic carbocycles. The summed E-state index contributed by atoms with van der Waals surface area (Å²) in [5, 5.41) is 4.14. The van der Waals surface area contributed by atoms with Crippen LogP contribution >= 0.6 is 11.5 Å². The molecule has 5 rings (SSSR count). The van der Waals surface area contributed by atoms with Crippen molar-refractivity contribution < 1.29 is 19.0 Å². The molecule has 9 heteroatoms. The number of aryl methyl sites for hydroxylation is 1. The first-order valence-electron chi connectivity index (χ1n) is 11.1. The number of fused-ring (bicyclic) bond motifs is 1. The van der Waals surface area contributed by atoms with Gasteiger partial charge < -0.3 is 18.8 Å². The Kier molecular flexibility index (Phi) is 6.21. The van der Waals surface area contributed by atoms with Crippen LogP contribution in [0.3, 0.4) is 0 Å². The first kappa shape index (κ1) is 22.4. The van der Waals surface area contributed by atoms with Gasteiger partial charge in [0.15, 0.2) is 5.82 Å². The maximum absolute atomic E-state index is 13.4. The van der Waals surface area contributed by atoms with E-state index in [1.54, 1.807) is 14.2 Å². The molecule has 34 heavy (non-hydrogen) atoms. The average molecular weight is 478 g/mol. The highest BCUT2D eigenvalue weighted by Crippen LogP contribution is 2.39. The molecule has 0 bridgehead atoms. The van der Waals surface area contributed by atoms with Gasteiger partial charge in [0.1, 0.15) is 29.0 Å². The van der Waals surface area contributed by atoms with Crippen molar-refractivity contribution in [3.05, 3.63) is 53.7 Å². The molecule has 1 atom stereocenters. The molecule has 1 unspecified atom stereocenters. The van der Waals surface area contributed by atoms with E-state index in [1.807, 2.05) is 47.9 Å². The standard InChI is InChI=1S/C25H25N4O4S/c1-15-12-19(31-2)22(20(13-15)32-3)23-26-25(34-28-23)27-24(30)18-14-16-8-4-5-9-17(16)29(18)21-10-6-7-11-33-21/h4-5,8-9,12-13,21H,6-7,10-11H2,1-3H3,(H,26,27,28,30). The van der Waals surface area contributed by atoms with Crippen molar-refractivity contribution in [2.45, 2.75) is 32.4 Å². The lowest BCUT2D eigenvalue weighted by Gasteiger charge is -2.26. The highest BCUT2D eigenvalue weighted by atomic mass is 32.1. The summed E-state index contributed by atoms with van der Waals surface area (Å²) in [5.74, 6) is 1.33. The number of amides is 1. The Balaban J connectivity index is 1.47. The number of carbonyl (C=O) groups is 1. The van der Waals surface area contributed by atoms with Gasteiger partial charge in [-0.1, -0.05) is 18.2 Å². The lowest BCUT2D eigenvalue weighted by atomic mass is 10.1. The summed E-state index contributed by atoms with van der Waals surface area (Å²) in [6.45, 7) is 2.64. The number of aromatic nitrogens is 3. The zero-order valence-corrected chi connectivity index (χ0v) is 20.1. The Bertz CT molecular complexity index is 1310. The second kappa shape index (κ2) is 9.44. The molecule has 1 aliphatic rings. The van der Waals surface area contributed by atoms with Crippen molar-refractivity contribution >= 4 is 33.5 Å². The summed E-state index contributed by atoms with van der Waals surface area (Å²) >= 11 is 1.10. The molecule has 1 fully saturated rings. The molecule has 2 aromatic carbocycles. The highest BCUT2D eigenvalue weighted by molar-refractivity contribution is 7.10. The second-order valence-electron chi connectivity index (χ2n) is 8.10. The minimum atomic E-state index is -0.309. The number of ether oxygens (including phenoxy) is 3. The van der Waals surface area contributed by atoms with Crippen LogP contribution < -0.4 is 14.8 Å². The van der Waals surface area contributed by atoms with Crippen LogP contribution in [0.1, 0.15) is 41.5 Å². The number of nitrogens with zero attached hydrogens (tertiary/aromatic N) is 3. The van der Waals surface area contributed by atoms with Gasteiger partial charge in [-0.2, -0.15) is 9.36 Å². The fourth-order valence-corrected chi connectivity index (χ4v) is 4.86. The number of hydrogen-bond donors (Lipinski definition) is 1. The Morgan fingerprint density at radius 1 is 1.21 bits per heavy atom. The molecule has 0 saturated carbocycles. The first-order chi connectivity index (χ1) is 16.6. The first-order valence-corrected chi connectivity index (χ1v) is 11.9. The summed E-state index contributed by atoms with van der Waals surface area (Å²) in [6, 6.07) is 14.9. The average Bonchev–Trinajstić information content (AvgIpc) is 3.48. The Morgan fingerprint density at radius 2 is 1.97 bits per heavy atom. The fourth-order valence-electron chi connectivity index (χ4n) is 4.29. The van der Waals surface area contributed by atoms with Crippen molar-refractivity contribution in [1.82, 2.24) is 13.9 Å². The third kappa shape index (κ3) is 4.12. The van der Waals surface area contributed by atoms with Gasteiger partial charge >= 0.3 is 0 Å². The largest absolute Gasteiger partial charge is 0.496 e. The summed E-state index contributed by atoms with van der Waals surface area (Å²) in [5.41, 5.74) is 2.97. The van der Waals surface area contributed by atoms with Crippen molar-refractivity contribution in [2.24, 2.45) is 0 Å². The number of para-hydroxylation sites is 1. The number of anilines is 1. The Labute approximate surface area is 201 Å². The van der Waals surface area contributed by atoms with Gasteiger partial charge in [-0.15, -0.1) is 0 Å². The zero-order chi connectivity index (χ0) is 23.7. The van der Waals surface area contributed by atoms with E-state index in [2.05, 4.69) is 20.7 Å². The van der Waals surface area contributed by atoms with E-state index in [9.17, 15) is 4.79 Å². The van der Waals surface area contributed by atoms with Gasteiger partial charge in [0.25, 0.3) is 5.91 Å². The Hall–Kier alpha value is -3.43. The van der Waals surface area contributed by atoms with Crippen LogP contribution in [-0.2, 0) is 4.74 Å². The molecule has 8 nitrogen and oxygen atoms in total. The van der Waals surface area contributed by atoms with E-state index in [0.717, 1.165) is 47.3 Å². The molecule has 0 spiro atoms. The number of carbonyl (C=O) groups excluding carboxylic acids is 1.